The molecule has 0 atom stereocenters. The van der Waals surface area contributed by atoms with Gasteiger partial charge < -0.3 is 5.32 Å². The van der Waals surface area contributed by atoms with Crippen molar-refractivity contribution in [2.45, 2.75) is 13.5 Å². The van der Waals surface area contributed by atoms with Crippen molar-refractivity contribution in [2.24, 2.45) is 7.05 Å². The van der Waals surface area contributed by atoms with Crippen molar-refractivity contribution < 1.29 is 0 Å². The highest BCUT2D eigenvalue weighted by Gasteiger charge is 2.12. The molecule has 0 amide bonds. The fourth-order valence-electron chi connectivity index (χ4n) is 1.49. The van der Waals surface area contributed by atoms with Crippen LogP contribution in [0.1, 0.15) is 16.3 Å². The Morgan fingerprint density at radius 2 is 2.44 bits per heavy atom. The molecule has 0 bridgehead atoms. The fourth-order valence-corrected chi connectivity index (χ4v) is 2.05. The van der Waals surface area contributed by atoms with Gasteiger partial charge >= 0.3 is 0 Å². The van der Waals surface area contributed by atoms with Crippen molar-refractivity contribution >= 4 is 17.2 Å². The molecule has 0 radical (unpaired) electrons. The minimum atomic E-state index is 0.596. The number of hydrogen-bond donors (Lipinski definition) is 1. The molecule has 2 rings (SSSR count). The predicted molar refractivity (Wildman–Crippen MR) is 62.1 cm³/mol. The Morgan fingerprint density at radius 1 is 1.62 bits per heavy atom. The van der Waals surface area contributed by atoms with Crippen LogP contribution in [-0.4, -0.2) is 14.8 Å². The number of thiazole rings is 1. The zero-order chi connectivity index (χ0) is 11.5. The fraction of sp³-hybridized carbons (Fsp3) is 0.300. The van der Waals surface area contributed by atoms with Gasteiger partial charge in [-0.1, -0.05) is 0 Å². The number of nitrogens with one attached hydrogen (secondary N) is 1. The molecule has 2 heterocycles. The van der Waals surface area contributed by atoms with Crippen LogP contribution >= 0.6 is 11.3 Å². The molecule has 82 valence electrons. The largest absolute Gasteiger partial charge is 0.363 e. The minimum absolute atomic E-state index is 0.596. The zero-order valence-corrected chi connectivity index (χ0v) is 9.88. The highest BCUT2D eigenvalue weighted by molar-refractivity contribution is 7.09. The van der Waals surface area contributed by atoms with Crippen LogP contribution in [0.4, 0.5) is 5.82 Å². The van der Waals surface area contributed by atoms with E-state index in [1.54, 1.807) is 22.2 Å². The summed E-state index contributed by atoms with van der Waals surface area (Å²) < 4.78 is 1.68. The summed E-state index contributed by atoms with van der Waals surface area (Å²) in [5, 5.41) is 19.3. The average molecular weight is 233 g/mol. The summed E-state index contributed by atoms with van der Waals surface area (Å²) in [6, 6.07) is 2.15. The van der Waals surface area contributed by atoms with Gasteiger partial charge in [-0.25, -0.2) is 4.98 Å². The van der Waals surface area contributed by atoms with Gasteiger partial charge in [0.25, 0.3) is 0 Å². The van der Waals surface area contributed by atoms with E-state index in [2.05, 4.69) is 21.5 Å². The maximum atomic E-state index is 9.01. The second kappa shape index (κ2) is 4.33. The molecule has 0 aliphatic rings. The molecule has 0 unspecified atom stereocenters. The Hall–Kier alpha value is -1.87. The monoisotopic (exact) mass is 233 g/mol. The number of hydrogen-bond acceptors (Lipinski definition) is 5. The Morgan fingerprint density at radius 3 is 3.06 bits per heavy atom. The van der Waals surface area contributed by atoms with Crippen molar-refractivity contribution in [3.63, 3.8) is 0 Å². The van der Waals surface area contributed by atoms with E-state index in [0.717, 1.165) is 16.5 Å². The van der Waals surface area contributed by atoms with Crippen molar-refractivity contribution in [3.05, 3.63) is 27.8 Å². The van der Waals surface area contributed by atoms with Crippen LogP contribution in [0.15, 0.2) is 11.6 Å². The smallest absolute Gasteiger partial charge is 0.142 e. The molecule has 2 aromatic rings. The quantitative estimate of drug-likeness (QED) is 0.875. The van der Waals surface area contributed by atoms with Crippen LogP contribution in [0, 0.1) is 18.3 Å². The Bertz CT molecular complexity index is 520. The van der Waals surface area contributed by atoms with Gasteiger partial charge in [0.05, 0.1) is 12.2 Å². The van der Waals surface area contributed by atoms with Gasteiger partial charge in [-0.05, 0) is 6.92 Å². The molecular weight excluding hydrogens is 222 g/mol. The van der Waals surface area contributed by atoms with Gasteiger partial charge in [0.15, 0.2) is 0 Å². The van der Waals surface area contributed by atoms with E-state index in [4.69, 9.17) is 5.26 Å². The van der Waals surface area contributed by atoms with Crippen molar-refractivity contribution in [2.75, 3.05) is 5.32 Å². The third kappa shape index (κ3) is 1.90. The van der Waals surface area contributed by atoms with Crippen molar-refractivity contribution in [3.8, 4) is 6.07 Å². The van der Waals surface area contributed by atoms with Gasteiger partial charge in [-0.2, -0.15) is 10.4 Å². The summed E-state index contributed by atoms with van der Waals surface area (Å²) in [6.07, 6.45) is 1.77. The third-order valence-electron chi connectivity index (χ3n) is 2.22. The van der Waals surface area contributed by atoms with Gasteiger partial charge in [0.2, 0.25) is 0 Å². The lowest BCUT2D eigenvalue weighted by Crippen LogP contribution is -2.05. The topological polar surface area (TPSA) is 66.5 Å². The summed E-state index contributed by atoms with van der Waals surface area (Å²) in [4.78, 5) is 4.17. The van der Waals surface area contributed by atoms with Crippen LogP contribution in [0.3, 0.4) is 0 Å². The Balaban J connectivity index is 2.19. The second-order valence-electron chi connectivity index (χ2n) is 3.32. The lowest BCUT2D eigenvalue weighted by molar-refractivity contribution is 0.758. The van der Waals surface area contributed by atoms with Crippen LogP contribution in [-0.2, 0) is 13.6 Å². The molecule has 0 aliphatic carbocycles. The van der Waals surface area contributed by atoms with E-state index in [-0.39, 0.29) is 0 Å². The number of aryl methyl sites for hydroxylation is 2. The van der Waals surface area contributed by atoms with E-state index in [0.29, 0.717) is 12.1 Å². The third-order valence-corrected chi connectivity index (χ3v) is 3.00. The molecule has 0 aromatic carbocycles. The van der Waals surface area contributed by atoms with Crippen LogP contribution in [0.25, 0.3) is 0 Å². The number of aromatic nitrogens is 3. The summed E-state index contributed by atoms with van der Waals surface area (Å²) in [5.74, 6) is 0.746. The van der Waals surface area contributed by atoms with Crippen LogP contribution in [0.5, 0.6) is 0 Å². The number of nitrogens with zero attached hydrogens (tertiary/aromatic N) is 4. The molecule has 6 heteroatoms. The molecule has 0 saturated carbocycles. The minimum Gasteiger partial charge on any atom is -0.363 e. The first-order chi connectivity index (χ1) is 7.72. The lowest BCUT2D eigenvalue weighted by Gasteiger charge is -2.04. The maximum Gasteiger partial charge on any atom is 0.142 e. The second-order valence-corrected chi connectivity index (χ2v) is 4.30. The van der Waals surface area contributed by atoms with E-state index >= 15 is 0 Å². The highest BCUT2D eigenvalue weighted by atomic mass is 32.1. The van der Waals surface area contributed by atoms with Crippen LogP contribution < -0.4 is 5.32 Å². The number of nitriles is 1. The first-order valence-corrected chi connectivity index (χ1v) is 5.66. The number of anilines is 1. The van der Waals surface area contributed by atoms with Crippen molar-refractivity contribution in [1.29, 1.82) is 5.26 Å². The normalized spacial score (nSPS) is 10.1. The Labute approximate surface area is 97.4 Å². The summed E-state index contributed by atoms with van der Waals surface area (Å²) in [7, 11) is 1.82. The molecular formula is C10H11N5S. The lowest BCUT2D eigenvalue weighted by atomic mass is 10.2. The molecule has 2 aromatic heterocycles. The maximum absolute atomic E-state index is 9.01. The van der Waals surface area contributed by atoms with E-state index < -0.39 is 0 Å². The summed E-state index contributed by atoms with van der Waals surface area (Å²) >= 11 is 1.58. The van der Waals surface area contributed by atoms with E-state index in [9.17, 15) is 0 Å². The number of rotatable bonds is 3. The molecule has 1 N–H and O–H groups in total. The standard InChI is InChI=1S/C10H11N5S/c1-7-8(5-11)10(15(2)14-7)13-6-9-12-3-4-16-9/h3-4,13H,6H2,1-2H3. The first-order valence-electron chi connectivity index (χ1n) is 4.78. The predicted octanol–water partition coefficient (Wildman–Crippen LogP) is 1.67. The van der Waals surface area contributed by atoms with E-state index in [1.807, 2.05) is 19.4 Å². The average Bonchev–Trinajstić information content (AvgIpc) is 2.83. The van der Waals surface area contributed by atoms with Crippen LogP contribution in [0.2, 0.25) is 0 Å². The van der Waals surface area contributed by atoms with Gasteiger partial charge in [0, 0.05) is 18.6 Å². The zero-order valence-electron chi connectivity index (χ0n) is 9.06. The van der Waals surface area contributed by atoms with E-state index in [1.165, 1.54) is 0 Å². The van der Waals surface area contributed by atoms with Gasteiger partial charge in [-0.3, -0.25) is 4.68 Å². The first kappa shape index (κ1) is 10.6. The molecule has 0 spiro atoms. The van der Waals surface area contributed by atoms with Gasteiger partial charge in [0.1, 0.15) is 22.5 Å². The molecule has 16 heavy (non-hydrogen) atoms. The van der Waals surface area contributed by atoms with Crippen molar-refractivity contribution in [1.82, 2.24) is 14.8 Å². The molecule has 0 fully saturated rings. The summed E-state index contributed by atoms with van der Waals surface area (Å²) in [6.45, 7) is 2.44. The molecule has 5 nitrogen and oxygen atoms in total. The molecule has 0 aliphatic heterocycles. The summed E-state index contributed by atoms with van der Waals surface area (Å²) in [5.41, 5.74) is 1.34. The molecule has 0 saturated heterocycles. The van der Waals surface area contributed by atoms with Gasteiger partial charge in [-0.15, -0.1) is 11.3 Å². The SMILES string of the molecule is Cc1nn(C)c(NCc2nccs2)c1C#N. The highest BCUT2D eigenvalue weighted by Crippen LogP contribution is 2.18. The Kier molecular flexibility index (Phi) is 2.88.